The molecule has 0 bridgehead atoms. The molecule has 2 heterocycles. The number of aromatic nitrogens is 2. The molecule has 0 unspecified atom stereocenters. The smallest absolute Gasteiger partial charge is 0.272 e. The molecule has 0 saturated heterocycles. The first kappa shape index (κ1) is 20.4. The molecule has 1 aromatic rings. The molecule has 154 valence electrons. The maximum atomic E-state index is 13.0. The van der Waals surface area contributed by atoms with Crippen molar-refractivity contribution in [3.63, 3.8) is 0 Å². The van der Waals surface area contributed by atoms with Crippen LogP contribution < -0.4 is 10.6 Å². The normalized spacial score (nSPS) is 22.7. The predicted molar refractivity (Wildman–Crippen MR) is 105 cm³/mol. The number of hydrogen-bond acceptors (Lipinski definition) is 4. The van der Waals surface area contributed by atoms with E-state index in [1.807, 2.05) is 0 Å². The van der Waals surface area contributed by atoms with Crippen LogP contribution in [0.3, 0.4) is 0 Å². The van der Waals surface area contributed by atoms with E-state index >= 15 is 0 Å². The summed E-state index contributed by atoms with van der Waals surface area (Å²) in [5, 5.41) is 10.3. The Hall–Kier alpha value is -2.38. The summed E-state index contributed by atoms with van der Waals surface area (Å²) in [7, 11) is 1.64. The van der Waals surface area contributed by atoms with Gasteiger partial charge in [-0.1, -0.05) is 32.6 Å². The summed E-state index contributed by atoms with van der Waals surface area (Å²) in [4.78, 5) is 39.7. The second-order valence-corrected chi connectivity index (χ2v) is 8.13. The van der Waals surface area contributed by atoms with Gasteiger partial charge in [-0.15, -0.1) is 0 Å². The minimum Gasteiger partial charge on any atom is -0.351 e. The summed E-state index contributed by atoms with van der Waals surface area (Å²) in [6.45, 7) is 4.61. The van der Waals surface area contributed by atoms with Crippen molar-refractivity contribution < 1.29 is 14.4 Å². The summed E-state index contributed by atoms with van der Waals surface area (Å²) in [6, 6.07) is 1.68. The fraction of sp³-hybridized carbons (Fsp3) is 0.700. The Balaban J connectivity index is 1.76. The third kappa shape index (κ3) is 3.91. The van der Waals surface area contributed by atoms with Crippen molar-refractivity contribution in [3.05, 3.63) is 17.5 Å². The molecule has 1 aliphatic heterocycles. The molecule has 3 rings (SSSR count). The van der Waals surface area contributed by atoms with Gasteiger partial charge in [-0.3, -0.25) is 19.1 Å². The number of hydrogen-bond donors (Lipinski definition) is 2. The number of amides is 3. The predicted octanol–water partition coefficient (Wildman–Crippen LogP) is 1.71. The first-order chi connectivity index (χ1) is 13.4. The molecule has 8 heteroatoms. The van der Waals surface area contributed by atoms with Crippen LogP contribution in [0.5, 0.6) is 0 Å². The second-order valence-electron chi connectivity index (χ2n) is 8.13. The lowest BCUT2D eigenvalue weighted by Crippen LogP contribution is -2.63. The van der Waals surface area contributed by atoms with Gasteiger partial charge in [0.05, 0.1) is 6.54 Å². The van der Waals surface area contributed by atoms with Gasteiger partial charge in [0, 0.05) is 25.7 Å². The van der Waals surface area contributed by atoms with Crippen molar-refractivity contribution in [1.82, 2.24) is 25.3 Å². The van der Waals surface area contributed by atoms with Crippen molar-refractivity contribution in [2.24, 2.45) is 0 Å². The monoisotopic (exact) mass is 389 g/mol. The van der Waals surface area contributed by atoms with Crippen LogP contribution >= 0.6 is 0 Å². The van der Waals surface area contributed by atoms with Gasteiger partial charge in [0.1, 0.15) is 11.2 Å². The minimum absolute atomic E-state index is 0.162. The lowest BCUT2D eigenvalue weighted by atomic mass is 9.92. The molecule has 1 aromatic heterocycles. The van der Waals surface area contributed by atoms with Gasteiger partial charge in [-0.2, -0.15) is 5.10 Å². The molecular weight excluding hydrogens is 358 g/mol. The number of carbonyl (C=O) groups is 3. The molecule has 2 aliphatic rings. The summed E-state index contributed by atoms with van der Waals surface area (Å²) in [5.41, 5.74) is -0.486. The van der Waals surface area contributed by atoms with Gasteiger partial charge in [0.15, 0.2) is 5.69 Å². The maximum Gasteiger partial charge on any atom is 0.272 e. The van der Waals surface area contributed by atoms with Gasteiger partial charge in [0.2, 0.25) is 5.91 Å². The number of nitrogens with zero attached hydrogens (tertiary/aromatic N) is 3. The van der Waals surface area contributed by atoms with E-state index in [2.05, 4.69) is 22.7 Å². The molecule has 1 saturated carbocycles. The van der Waals surface area contributed by atoms with Crippen LogP contribution in [0.25, 0.3) is 0 Å². The standard InChI is InChI=1S/C20H31N5O3/c1-4-5-11-21-17(26)15-12-16-18(27)24(3)20(2,13-25(16)23-15)19(28)22-14-9-7-6-8-10-14/h12,14H,4-11,13H2,1-3H3,(H,21,26)(H,22,28)/t20-/m1/s1. The fourth-order valence-corrected chi connectivity index (χ4v) is 3.90. The third-order valence-corrected chi connectivity index (χ3v) is 5.98. The highest BCUT2D eigenvalue weighted by Gasteiger charge is 2.46. The average Bonchev–Trinajstić information content (AvgIpc) is 3.11. The first-order valence-electron chi connectivity index (χ1n) is 10.3. The molecule has 0 radical (unpaired) electrons. The molecule has 28 heavy (non-hydrogen) atoms. The van der Waals surface area contributed by atoms with Crippen LogP contribution in [0.15, 0.2) is 6.07 Å². The van der Waals surface area contributed by atoms with Crippen LogP contribution in [-0.2, 0) is 11.3 Å². The number of carbonyl (C=O) groups excluding carboxylic acids is 3. The molecule has 0 spiro atoms. The van der Waals surface area contributed by atoms with Crippen molar-refractivity contribution >= 4 is 17.7 Å². The average molecular weight is 390 g/mol. The van der Waals surface area contributed by atoms with E-state index < -0.39 is 5.54 Å². The molecule has 1 atom stereocenters. The number of likely N-dealkylation sites (N-methyl/N-ethyl adjacent to an activating group) is 1. The maximum absolute atomic E-state index is 13.0. The second kappa shape index (κ2) is 8.32. The molecule has 2 N–H and O–H groups in total. The van der Waals surface area contributed by atoms with Crippen LogP contribution in [0.2, 0.25) is 0 Å². The zero-order valence-electron chi connectivity index (χ0n) is 17.1. The van der Waals surface area contributed by atoms with E-state index in [-0.39, 0.29) is 36.0 Å². The zero-order chi connectivity index (χ0) is 20.3. The zero-order valence-corrected chi connectivity index (χ0v) is 17.1. The van der Waals surface area contributed by atoms with E-state index in [9.17, 15) is 14.4 Å². The molecular formula is C20H31N5O3. The number of nitrogens with one attached hydrogen (secondary N) is 2. The van der Waals surface area contributed by atoms with Crippen molar-refractivity contribution in [3.8, 4) is 0 Å². The van der Waals surface area contributed by atoms with Gasteiger partial charge in [-0.05, 0) is 26.2 Å². The van der Waals surface area contributed by atoms with E-state index in [4.69, 9.17) is 0 Å². The highest BCUT2D eigenvalue weighted by molar-refractivity contribution is 6.01. The lowest BCUT2D eigenvalue weighted by molar-refractivity contribution is -0.133. The SMILES string of the molecule is CCCCNC(=O)c1cc2n(n1)C[C@](C)(C(=O)NC1CCCCC1)N(C)C2=O. The van der Waals surface area contributed by atoms with Crippen molar-refractivity contribution in [1.29, 1.82) is 0 Å². The van der Waals surface area contributed by atoms with Crippen LogP contribution in [0.4, 0.5) is 0 Å². The molecule has 1 aliphatic carbocycles. The topological polar surface area (TPSA) is 96.3 Å². The Morgan fingerprint density at radius 3 is 2.68 bits per heavy atom. The Bertz CT molecular complexity index is 753. The van der Waals surface area contributed by atoms with Crippen molar-refractivity contribution in [2.75, 3.05) is 13.6 Å². The highest BCUT2D eigenvalue weighted by atomic mass is 16.2. The summed E-state index contributed by atoms with van der Waals surface area (Å²) < 4.78 is 1.50. The van der Waals surface area contributed by atoms with Gasteiger partial charge in [-0.25, -0.2) is 0 Å². The van der Waals surface area contributed by atoms with E-state index in [0.717, 1.165) is 38.5 Å². The molecule has 3 amide bonds. The molecule has 8 nitrogen and oxygen atoms in total. The van der Waals surface area contributed by atoms with Crippen LogP contribution in [0.1, 0.15) is 79.8 Å². The Morgan fingerprint density at radius 2 is 2.00 bits per heavy atom. The highest BCUT2D eigenvalue weighted by Crippen LogP contribution is 2.27. The fourth-order valence-electron chi connectivity index (χ4n) is 3.90. The van der Waals surface area contributed by atoms with Gasteiger partial charge < -0.3 is 15.5 Å². The van der Waals surface area contributed by atoms with E-state index in [1.165, 1.54) is 22.1 Å². The number of fused-ring (bicyclic) bond motifs is 1. The van der Waals surface area contributed by atoms with Gasteiger partial charge >= 0.3 is 0 Å². The molecule has 1 fully saturated rings. The van der Waals surface area contributed by atoms with E-state index in [1.54, 1.807) is 14.0 Å². The summed E-state index contributed by atoms with van der Waals surface area (Å²) in [6.07, 6.45) is 7.29. The lowest BCUT2D eigenvalue weighted by Gasteiger charge is -2.41. The first-order valence-corrected chi connectivity index (χ1v) is 10.3. The quantitative estimate of drug-likeness (QED) is 0.724. The Morgan fingerprint density at radius 1 is 1.29 bits per heavy atom. The third-order valence-electron chi connectivity index (χ3n) is 5.98. The van der Waals surface area contributed by atoms with Crippen LogP contribution in [-0.4, -0.2) is 57.6 Å². The van der Waals surface area contributed by atoms with Crippen LogP contribution in [0, 0.1) is 0 Å². The van der Waals surface area contributed by atoms with E-state index in [0.29, 0.717) is 12.2 Å². The largest absolute Gasteiger partial charge is 0.351 e. The Labute approximate surface area is 166 Å². The number of unbranched alkanes of at least 4 members (excludes halogenated alkanes) is 1. The molecule has 0 aromatic carbocycles. The van der Waals surface area contributed by atoms with Crippen molar-refractivity contribution in [2.45, 2.75) is 76.9 Å². The minimum atomic E-state index is -1.04. The Kier molecular flexibility index (Phi) is 6.05. The summed E-state index contributed by atoms with van der Waals surface area (Å²) in [5.74, 6) is -0.753. The summed E-state index contributed by atoms with van der Waals surface area (Å²) >= 11 is 0. The van der Waals surface area contributed by atoms with Gasteiger partial charge in [0.25, 0.3) is 11.8 Å². The number of rotatable bonds is 6.